The third-order valence-corrected chi connectivity index (χ3v) is 5.81. The fourth-order valence-electron chi connectivity index (χ4n) is 4.13. The number of benzene rings is 2. The average molecular weight is 408 g/mol. The van der Waals surface area contributed by atoms with Crippen LogP contribution in [0.15, 0.2) is 35.9 Å². The first-order chi connectivity index (χ1) is 14.1. The quantitative estimate of drug-likeness (QED) is 0.664. The van der Waals surface area contributed by atoms with Gasteiger partial charge in [-0.15, -0.1) is 0 Å². The number of phenols is 2. The topological polar surface area (TPSA) is 76.0 Å². The Morgan fingerprint density at radius 1 is 1.23 bits per heavy atom. The number of rotatable bonds is 3. The smallest absolute Gasteiger partial charge is 0.170 e. The van der Waals surface area contributed by atoms with Crippen LogP contribution in [0.5, 0.6) is 23.0 Å². The second-order valence-electron chi connectivity index (χ2n) is 9.04. The minimum atomic E-state index is -0.489. The van der Waals surface area contributed by atoms with Gasteiger partial charge in [-0.3, -0.25) is 4.79 Å². The molecule has 2 aromatic rings. The minimum Gasteiger partial charge on any atom is -0.508 e. The fourth-order valence-corrected chi connectivity index (χ4v) is 4.13. The van der Waals surface area contributed by atoms with Crippen molar-refractivity contribution in [3.63, 3.8) is 0 Å². The molecule has 5 nitrogen and oxygen atoms in total. The van der Waals surface area contributed by atoms with E-state index in [2.05, 4.69) is 6.08 Å². The predicted molar refractivity (Wildman–Crippen MR) is 115 cm³/mol. The molecular formula is C25H28O5. The summed E-state index contributed by atoms with van der Waals surface area (Å²) in [6.45, 7) is 8.06. The van der Waals surface area contributed by atoms with Gasteiger partial charge in [0.1, 0.15) is 23.2 Å². The molecule has 2 aliphatic heterocycles. The SMILES string of the molecule is CC(C)=CCc1cc([C@@H]2CC(=O)c3ccc(O)cc3O2)c2c(c1O)OC(C)(C)CC2. The van der Waals surface area contributed by atoms with E-state index in [0.717, 1.165) is 35.1 Å². The van der Waals surface area contributed by atoms with Crippen molar-refractivity contribution in [3.8, 4) is 23.0 Å². The van der Waals surface area contributed by atoms with Gasteiger partial charge in [-0.25, -0.2) is 0 Å². The van der Waals surface area contributed by atoms with E-state index in [0.29, 0.717) is 23.5 Å². The zero-order chi connectivity index (χ0) is 21.6. The van der Waals surface area contributed by atoms with E-state index in [1.165, 1.54) is 12.1 Å². The van der Waals surface area contributed by atoms with Gasteiger partial charge in [0.2, 0.25) is 0 Å². The standard InChI is InChI=1S/C25H28O5/c1-14(2)5-6-15-11-19(17-9-10-25(3,4)30-24(17)23(15)28)22-13-20(27)18-8-7-16(26)12-21(18)29-22/h5,7-8,11-12,22,26,28H,6,9-10,13H2,1-4H3/t22-/m0/s1. The number of ketones is 1. The van der Waals surface area contributed by atoms with E-state index in [4.69, 9.17) is 9.47 Å². The Hall–Kier alpha value is -2.95. The monoisotopic (exact) mass is 408 g/mol. The lowest BCUT2D eigenvalue weighted by Crippen LogP contribution is -2.34. The fraction of sp³-hybridized carbons (Fsp3) is 0.400. The summed E-state index contributed by atoms with van der Waals surface area (Å²) in [5, 5.41) is 20.8. The molecule has 2 aliphatic rings. The lowest BCUT2D eigenvalue weighted by Gasteiger charge is -2.36. The second kappa shape index (κ2) is 7.38. The highest BCUT2D eigenvalue weighted by molar-refractivity contribution is 6.00. The number of aromatic hydroxyl groups is 2. The highest BCUT2D eigenvalue weighted by Crippen LogP contribution is 2.47. The lowest BCUT2D eigenvalue weighted by atomic mass is 9.85. The number of hydrogen-bond donors (Lipinski definition) is 2. The van der Waals surface area contributed by atoms with Crippen LogP contribution in [0.2, 0.25) is 0 Å². The summed E-state index contributed by atoms with van der Waals surface area (Å²) < 4.78 is 12.4. The van der Waals surface area contributed by atoms with Crippen LogP contribution in [-0.2, 0) is 12.8 Å². The van der Waals surface area contributed by atoms with Crippen LogP contribution in [0.4, 0.5) is 0 Å². The Labute approximate surface area is 177 Å². The number of fused-ring (bicyclic) bond motifs is 2. The lowest BCUT2D eigenvalue weighted by molar-refractivity contribution is 0.0757. The van der Waals surface area contributed by atoms with Crippen molar-refractivity contribution in [2.75, 3.05) is 0 Å². The Morgan fingerprint density at radius 3 is 2.73 bits per heavy atom. The van der Waals surface area contributed by atoms with Crippen molar-refractivity contribution >= 4 is 5.78 Å². The van der Waals surface area contributed by atoms with E-state index in [1.807, 2.05) is 33.8 Å². The van der Waals surface area contributed by atoms with Crippen LogP contribution >= 0.6 is 0 Å². The van der Waals surface area contributed by atoms with Crippen LogP contribution in [0.3, 0.4) is 0 Å². The Bertz CT molecular complexity index is 1040. The minimum absolute atomic E-state index is 0.0222. The first-order valence-electron chi connectivity index (χ1n) is 10.4. The molecule has 0 aromatic heterocycles. The van der Waals surface area contributed by atoms with Crippen LogP contribution in [0, 0.1) is 0 Å². The van der Waals surface area contributed by atoms with Gasteiger partial charge in [0.25, 0.3) is 0 Å². The van der Waals surface area contributed by atoms with Crippen molar-refractivity contribution in [1.29, 1.82) is 0 Å². The normalized spacial score (nSPS) is 19.2. The van der Waals surface area contributed by atoms with Crippen LogP contribution in [0.25, 0.3) is 0 Å². The number of carbonyl (C=O) groups excluding carboxylic acids is 1. The molecule has 0 radical (unpaired) electrons. The van der Waals surface area contributed by atoms with Crippen molar-refractivity contribution in [1.82, 2.24) is 0 Å². The summed E-state index contributed by atoms with van der Waals surface area (Å²) in [6.07, 6.45) is 3.87. The van der Waals surface area contributed by atoms with E-state index < -0.39 is 6.10 Å². The van der Waals surface area contributed by atoms with Gasteiger partial charge in [-0.05, 0) is 65.2 Å². The van der Waals surface area contributed by atoms with Gasteiger partial charge in [0.15, 0.2) is 17.3 Å². The molecule has 30 heavy (non-hydrogen) atoms. The molecule has 1 atom stereocenters. The van der Waals surface area contributed by atoms with Crippen molar-refractivity contribution in [2.24, 2.45) is 0 Å². The molecule has 0 unspecified atom stereocenters. The molecule has 0 saturated heterocycles. The maximum absolute atomic E-state index is 12.8. The zero-order valence-electron chi connectivity index (χ0n) is 17.9. The van der Waals surface area contributed by atoms with E-state index >= 15 is 0 Å². The summed E-state index contributed by atoms with van der Waals surface area (Å²) in [5.74, 6) is 1.09. The van der Waals surface area contributed by atoms with E-state index in [-0.39, 0.29) is 29.3 Å². The predicted octanol–water partition coefficient (Wildman–Crippen LogP) is 5.42. The van der Waals surface area contributed by atoms with Gasteiger partial charge < -0.3 is 19.7 Å². The van der Waals surface area contributed by atoms with Gasteiger partial charge >= 0.3 is 0 Å². The zero-order valence-corrected chi connectivity index (χ0v) is 17.9. The number of carbonyl (C=O) groups is 1. The van der Waals surface area contributed by atoms with Crippen molar-refractivity contribution in [2.45, 2.75) is 65.1 Å². The van der Waals surface area contributed by atoms with Crippen LogP contribution in [-0.4, -0.2) is 21.6 Å². The number of allylic oxidation sites excluding steroid dienone is 2. The first-order valence-corrected chi connectivity index (χ1v) is 10.4. The largest absolute Gasteiger partial charge is 0.508 e. The number of phenolic OH excluding ortho intramolecular Hbond substituents is 2. The Morgan fingerprint density at radius 2 is 2.00 bits per heavy atom. The molecule has 0 fully saturated rings. The Kier molecular flexibility index (Phi) is 5.00. The molecule has 0 amide bonds. The first kappa shape index (κ1) is 20.3. The summed E-state index contributed by atoms with van der Waals surface area (Å²) in [7, 11) is 0. The molecule has 0 aliphatic carbocycles. The summed E-state index contributed by atoms with van der Waals surface area (Å²) in [6, 6.07) is 6.52. The highest BCUT2D eigenvalue weighted by Gasteiger charge is 2.36. The number of Topliss-reactive ketones (excluding diaryl/α,β-unsaturated/α-hetero) is 1. The molecule has 4 rings (SSSR count). The molecule has 2 heterocycles. The van der Waals surface area contributed by atoms with Crippen LogP contribution < -0.4 is 9.47 Å². The maximum Gasteiger partial charge on any atom is 0.170 e. The third-order valence-electron chi connectivity index (χ3n) is 5.81. The van der Waals surface area contributed by atoms with Crippen molar-refractivity contribution in [3.05, 3.63) is 58.2 Å². The second-order valence-corrected chi connectivity index (χ2v) is 9.04. The van der Waals surface area contributed by atoms with Gasteiger partial charge in [-0.1, -0.05) is 11.6 Å². The molecule has 158 valence electrons. The molecular weight excluding hydrogens is 380 g/mol. The summed E-state index contributed by atoms with van der Waals surface area (Å²) in [4.78, 5) is 12.8. The molecule has 0 spiro atoms. The highest BCUT2D eigenvalue weighted by atomic mass is 16.5. The van der Waals surface area contributed by atoms with Gasteiger partial charge in [0.05, 0.1) is 12.0 Å². The number of ether oxygens (including phenoxy) is 2. The third kappa shape index (κ3) is 3.76. The van der Waals surface area contributed by atoms with E-state index in [9.17, 15) is 15.0 Å². The maximum atomic E-state index is 12.8. The Balaban J connectivity index is 1.82. The number of hydrogen-bond acceptors (Lipinski definition) is 5. The van der Waals surface area contributed by atoms with Gasteiger partial charge in [-0.2, -0.15) is 0 Å². The molecule has 0 saturated carbocycles. The molecule has 2 aromatic carbocycles. The summed E-state index contributed by atoms with van der Waals surface area (Å²) >= 11 is 0. The van der Waals surface area contributed by atoms with Crippen molar-refractivity contribution < 1.29 is 24.5 Å². The average Bonchev–Trinajstić information content (AvgIpc) is 2.66. The van der Waals surface area contributed by atoms with Crippen LogP contribution in [0.1, 0.15) is 73.7 Å². The molecule has 5 heteroatoms. The summed E-state index contributed by atoms with van der Waals surface area (Å²) in [5.41, 5.74) is 3.79. The molecule has 2 N–H and O–H groups in total. The van der Waals surface area contributed by atoms with E-state index in [1.54, 1.807) is 6.07 Å². The molecule has 0 bridgehead atoms. The van der Waals surface area contributed by atoms with Gasteiger partial charge in [0, 0.05) is 22.8 Å².